The Kier molecular flexibility index (Phi) is 5.73. The molecule has 5 heterocycles. The average molecular weight is 514 g/mol. The number of aromatic amines is 2. The van der Waals surface area contributed by atoms with Gasteiger partial charge in [0.15, 0.2) is 11.5 Å². The van der Waals surface area contributed by atoms with Crippen molar-refractivity contribution in [2.24, 2.45) is 0 Å². The summed E-state index contributed by atoms with van der Waals surface area (Å²) in [4.78, 5) is 18.4. The maximum atomic E-state index is 4.79. The summed E-state index contributed by atoms with van der Waals surface area (Å²) in [5.74, 6) is 0.692. The number of rotatable bonds is 7. The van der Waals surface area contributed by atoms with E-state index in [2.05, 4.69) is 96.5 Å². The molecule has 0 saturated carbocycles. The number of nitrogens with zero attached hydrogens (tertiary/aromatic N) is 4. The Labute approximate surface area is 222 Å². The monoisotopic (exact) mass is 513 g/mol. The molecule has 7 rings (SSSR count). The van der Waals surface area contributed by atoms with Gasteiger partial charge < -0.3 is 10.3 Å². The first-order valence-electron chi connectivity index (χ1n) is 12.4. The van der Waals surface area contributed by atoms with Crippen LogP contribution in [0.4, 0.5) is 0 Å². The van der Waals surface area contributed by atoms with Crippen LogP contribution in [-0.4, -0.2) is 30.1 Å². The number of benzene rings is 2. The van der Waals surface area contributed by atoms with Crippen LogP contribution in [0.1, 0.15) is 11.1 Å². The zero-order valence-electron chi connectivity index (χ0n) is 20.3. The van der Waals surface area contributed by atoms with Crippen molar-refractivity contribution in [3.05, 3.63) is 108 Å². The molecule has 7 aromatic rings. The van der Waals surface area contributed by atoms with E-state index >= 15 is 0 Å². The van der Waals surface area contributed by atoms with Gasteiger partial charge in [0.05, 0.1) is 11.0 Å². The van der Waals surface area contributed by atoms with Crippen molar-refractivity contribution < 1.29 is 0 Å². The highest BCUT2D eigenvalue weighted by Gasteiger charge is 2.16. The Morgan fingerprint density at radius 2 is 1.76 bits per heavy atom. The highest BCUT2D eigenvalue weighted by Crippen LogP contribution is 2.33. The topological polar surface area (TPSA) is 95.2 Å². The normalized spacial score (nSPS) is 11.5. The maximum absolute atomic E-state index is 4.79. The van der Waals surface area contributed by atoms with Crippen molar-refractivity contribution in [2.75, 3.05) is 0 Å². The fourth-order valence-corrected chi connectivity index (χ4v) is 5.48. The zero-order chi connectivity index (χ0) is 25.3. The molecule has 2 aromatic carbocycles. The van der Waals surface area contributed by atoms with Crippen LogP contribution >= 0.6 is 11.3 Å². The van der Waals surface area contributed by atoms with Crippen molar-refractivity contribution in [3.63, 3.8) is 0 Å². The minimum atomic E-state index is 0.679. The smallest absolute Gasteiger partial charge is 0.178 e. The number of hydrogen-bond acceptors (Lipinski definition) is 6. The van der Waals surface area contributed by atoms with E-state index in [1.807, 2.05) is 24.5 Å². The number of aromatic nitrogens is 6. The molecule has 3 N–H and O–H groups in total. The van der Waals surface area contributed by atoms with Crippen LogP contribution in [0, 0.1) is 0 Å². The summed E-state index contributed by atoms with van der Waals surface area (Å²) in [5.41, 5.74) is 8.93. The molecule has 0 saturated heterocycles. The van der Waals surface area contributed by atoms with Gasteiger partial charge in [0.25, 0.3) is 0 Å². The Morgan fingerprint density at radius 3 is 2.66 bits per heavy atom. The molecule has 0 bridgehead atoms. The van der Waals surface area contributed by atoms with Gasteiger partial charge in [-0.05, 0) is 52.4 Å². The first kappa shape index (κ1) is 22.5. The largest absolute Gasteiger partial charge is 0.335 e. The van der Waals surface area contributed by atoms with E-state index < -0.39 is 0 Å². The number of thiophene rings is 1. The summed E-state index contributed by atoms with van der Waals surface area (Å²) < 4.78 is 0. The van der Waals surface area contributed by atoms with Crippen molar-refractivity contribution in [1.82, 2.24) is 35.5 Å². The highest BCUT2D eigenvalue weighted by atomic mass is 32.1. The minimum absolute atomic E-state index is 0.679. The lowest BCUT2D eigenvalue weighted by molar-refractivity contribution is 0.691. The van der Waals surface area contributed by atoms with Crippen LogP contribution in [0.3, 0.4) is 0 Å². The van der Waals surface area contributed by atoms with E-state index in [9.17, 15) is 0 Å². The SMILES string of the molecule is c1ccc(CNCc2cncc(-c3ccc4[nH]nc(-c5nc6nccc(-c7cccs7)c6[nH]5)c4c3)c2)cc1. The number of nitrogens with one attached hydrogen (secondary N) is 3. The van der Waals surface area contributed by atoms with Crippen LogP contribution in [-0.2, 0) is 13.1 Å². The molecule has 184 valence electrons. The van der Waals surface area contributed by atoms with Gasteiger partial charge in [0, 0.05) is 53.1 Å². The second kappa shape index (κ2) is 9.66. The van der Waals surface area contributed by atoms with Crippen LogP contribution in [0.25, 0.3) is 55.2 Å². The molecule has 38 heavy (non-hydrogen) atoms. The predicted molar refractivity (Wildman–Crippen MR) is 153 cm³/mol. The molecule has 0 atom stereocenters. The van der Waals surface area contributed by atoms with Crippen LogP contribution in [0.2, 0.25) is 0 Å². The van der Waals surface area contributed by atoms with E-state index in [-0.39, 0.29) is 0 Å². The number of pyridine rings is 2. The van der Waals surface area contributed by atoms with E-state index in [4.69, 9.17) is 4.98 Å². The van der Waals surface area contributed by atoms with E-state index in [0.717, 1.165) is 57.5 Å². The van der Waals surface area contributed by atoms with Gasteiger partial charge >= 0.3 is 0 Å². The summed E-state index contributed by atoms with van der Waals surface area (Å²) in [5, 5.41) is 14.3. The Morgan fingerprint density at radius 1 is 0.842 bits per heavy atom. The zero-order valence-corrected chi connectivity index (χ0v) is 21.2. The van der Waals surface area contributed by atoms with Crippen LogP contribution in [0.15, 0.2) is 96.8 Å². The first-order valence-corrected chi connectivity index (χ1v) is 13.3. The molecule has 0 fully saturated rings. The molecule has 0 aliphatic rings. The average Bonchev–Trinajstić information content (AvgIpc) is 3.73. The molecule has 0 unspecified atom stereocenters. The molecule has 0 radical (unpaired) electrons. The third-order valence-corrected chi connectivity index (χ3v) is 7.50. The lowest BCUT2D eigenvalue weighted by Gasteiger charge is -2.07. The van der Waals surface area contributed by atoms with E-state index in [0.29, 0.717) is 11.5 Å². The molecule has 0 amide bonds. The first-order chi connectivity index (χ1) is 18.8. The predicted octanol–water partition coefficient (Wildman–Crippen LogP) is 6.58. The lowest BCUT2D eigenvalue weighted by Crippen LogP contribution is -2.12. The summed E-state index contributed by atoms with van der Waals surface area (Å²) >= 11 is 1.70. The third kappa shape index (κ3) is 4.26. The number of imidazole rings is 1. The van der Waals surface area contributed by atoms with Crippen molar-refractivity contribution in [1.29, 1.82) is 0 Å². The van der Waals surface area contributed by atoms with Crippen molar-refractivity contribution in [3.8, 4) is 33.1 Å². The second-order valence-electron chi connectivity index (χ2n) is 9.12. The quantitative estimate of drug-likeness (QED) is 0.224. The van der Waals surface area contributed by atoms with Crippen molar-refractivity contribution in [2.45, 2.75) is 13.1 Å². The van der Waals surface area contributed by atoms with Crippen molar-refractivity contribution >= 4 is 33.4 Å². The fraction of sp³-hybridized carbons (Fsp3) is 0.0667. The van der Waals surface area contributed by atoms with Gasteiger partial charge in [0.2, 0.25) is 0 Å². The van der Waals surface area contributed by atoms with Crippen LogP contribution < -0.4 is 5.32 Å². The Bertz CT molecular complexity index is 1850. The minimum Gasteiger partial charge on any atom is -0.335 e. The summed E-state index contributed by atoms with van der Waals surface area (Å²) in [6, 6.07) is 25.1. The Balaban J connectivity index is 1.20. The maximum Gasteiger partial charge on any atom is 0.178 e. The molecule has 5 aromatic heterocycles. The lowest BCUT2D eigenvalue weighted by atomic mass is 10.0. The van der Waals surface area contributed by atoms with Gasteiger partial charge in [-0.15, -0.1) is 11.3 Å². The van der Waals surface area contributed by atoms with Gasteiger partial charge in [-0.1, -0.05) is 42.5 Å². The third-order valence-electron chi connectivity index (χ3n) is 6.60. The standard InChI is InChI=1S/C30H23N7S/c1-2-5-19(6-3-1)15-31-16-20-13-22(18-32-17-20)21-8-9-25-24(14-21)28(37-36-25)30-34-27-23(26-7-4-12-38-26)10-11-33-29(27)35-30/h1-14,17-18,31H,15-16H2,(H,36,37)(H,33,34,35). The summed E-state index contributed by atoms with van der Waals surface area (Å²) in [6.45, 7) is 1.56. The molecular formula is C30H23N7S. The van der Waals surface area contributed by atoms with Gasteiger partial charge in [-0.3, -0.25) is 10.1 Å². The number of H-pyrrole nitrogens is 2. The fourth-order valence-electron chi connectivity index (χ4n) is 4.72. The van der Waals surface area contributed by atoms with E-state index in [1.165, 1.54) is 10.4 Å². The van der Waals surface area contributed by atoms with E-state index in [1.54, 1.807) is 17.5 Å². The van der Waals surface area contributed by atoms with Gasteiger partial charge in [-0.25, -0.2) is 9.97 Å². The molecule has 7 nitrogen and oxygen atoms in total. The Hall–Kier alpha value is -4.66. The molecule has 0 aliphatic carbocycles. The summed E-state index contributed by atoms with van der Waals surface area (Å²) in [7, 11) is 0. The van der Waals surface area contributed by atoms with Gasteiger partial charge in [-0.2, -0.15) is 5.10 Å². The second-order valence-corrected chi connectivity index (χ2v) is 10.1. The van der Waals surface area contributed by atoms with Gasteiger partial charge in [0.1, 0.15) is 5.69 Å². The highest BCUT2D eigenvalue weighted by molar-refractivity contribution is 7.13. The molecule has 0 aliphatic heterocycles. The molecular weight excluding hydrogens is 490 g/mol. The molecule has 8 heteroatoms. The number of fused-ring (bicyclic) bond motifs is 2. The van der Waals surface area contributed by atoms with Crippen LogP contribution in [0.5, 0.6) is 0 Å². The summed E-state index contributed by atoms with van der Waals surface area (Å²) in [6.07, 6.45) is 5.62. The molecule has 0 spiro atoms. The number of hydrogen-bond donors (Lipinski definition) is 3.